The SMILES string of the molecule is C[C@]12CCC3(C=C1C[C@@H](C=O)[C@@H]1[C@@H]2CC[C@@]2(C)[C@H]1CC[C@]2(C)O)CCSS3. The molecule has 8 atom stereocenters. The van der Waals surface area contributed by atoms with Gasteiger partial charge in [0.1, 0.15) is 6.29 Å². The maximum absolute atomic E-state index is 12.3. The van der Waals surface area contributed by atoms with E-state index in [1.807, 2.05) is 10.8 Å². The second kappa shape index (κ2) is 6.04. The summed E-state index contributed by atoms with van der Waals surface area (Å²) in [5, 5.41) is 11.1. The molecule has 4 fully saturated rings. The number of fused-ring (bicyclic) bond motifs is 5. The van der Waals surface area contributed by atoms with Gasteiger partial charge in [0.05, 0.1) is 5.60 Å². The van der Waals surface area contributed by atoms with Gasteiger partial charge in [-0.05, 0) is 86.9 Å². The number of aliphatic hydroxyl groups is 1. The molecule has 4 heteroatoms. The first-order chi connectivity index (χ1) is 12.7. The van der Waals surface area contributed by atoms with E-state index in [2.05, 4.69) is 37.6 Å². The van der Waals surface area contributed by atoms with Crippen LogP contribution >= 0.6 is 21.6 Å². The molecule has 1 unspecified atom stereocenters. The van der Waals surface area contributed by atoms with Gasteiger partial charge in [0.2, 0.25) is 0 Å². The summed E-state index contributed by atoms with van der Waals surface area (Å²) in [6.45, 7) is 6.89. The van der Waals surface area contributed by atoms with Crippen LogP contribution in [-0.2, 0) is 4.79 Å². The smallest absolute Gasteiger partial charge is 0.123 e. The standard InChI is InChI=1S/C23H34O2S2/c1-20-8-9-23(10-11-26-27-23)13-16(20)12-15(14-24)19-17(20)4-6-21(2)18(19)5-7-22(21,3)25/h13-15,17-19,25H,4-12H2,1-3H3/t15-,17-,18-,19+,20-,21-,22-,23?/m0/s1. The average molecular weight is 407 g/mol. The Morgan fingerprint density at radius 1 is 1.07 bits per heavy atom. The van der Waals surface area contributed by atoms with E-state index in [0.717, 1.165) is 25.7 Å². The van der Waals surface area contributed by atoms with Crippen molar-refractivity contribution in [2.45, 2.75) is 82.5 Å². The lowest BCUT2D eigenvalue weighted by Crippen LogP contribution is -2.57. The zero-order valence-electron chi connectivity index (χ0n) is 17.0. The van der Waals surface area contributed by atoms with Crippen LogP contribution < -0.4 is 0 Å². The fourth-order valence-corrected chi connectivity index (χ4v) is 11.2. The number of hydrogen-bond donors (Lipinski definition) is 1. The molecule has 150 valence electrons. The minimum absolute atomic E-state index is 0.0131. The molecule has 1 saturated heterocycles. The molecule has 0 amide bonds. The van der Waals surface area contributed by atoms with E-state index >= 15 is 0 Å². The van der Waals surface area contributed by atoms with Crippen molar-refractivity contribution in [3.63, 3.8) is 0 Å². The highest BCUT2D eigenvalue weighted by atomic mass is 33.1. The highest BCUT2D eigenvalue weighted by molar-refractivity contribution is 8.77. The molecule has 0 aromatic carbocycles. The molecule has 0 aromatic heterocycles. The van der Waals surface area contributed by atoms with Crippen molar-refractivity contribution in [2.75, 3.05) is 5.75 Å². The lowest BCUT2D eigenvalue weighted by Gasteiger charge is -2.61. The van der Waals surface area contributed by atoms with E-state index in [-0.39, 0.29) is 16.7 Å². The van der Waals surface area contributed by atoms with E-state index in [9.17, 15) is 9.90 Å². The molecule has 4 aliphatic carbocycles. The van der Waals surface area contributed by atoms with Crippen LogP contribution in [0.5, 0.6) is 0 Å². The third kappa shape index (κ3) is 2.48. The van der Waals surface area contributed by atoms with Crippen molar-refractivity contribution >= 4 is 27.9 Å². The van der Waals surface area contributed by atoms with Crippen molar-refractivity contribution in [2.24, 2.45) is 34.5 Å². The van der Waals surface area contributed by atoms with Crippen LogP contribution in [0.25, 0.3) is 0 Å². The summed E-state index contributed by atoms with van der Waals surface area (Å²) in [7, 11) is 4.13. The topological polar surface area (TPSA) is 37.3 Å². The number of rotatable bonds is 1. The molecule has 0 aromatic rings. The van der Waals surface area contributed by atoms with Gasteiger partial charge < -0.3 is 9.90 Å². The van der Waals surface area contributed by atoms with E-state index in [0.29, 0.717) is 22.5 Å². The van der Waals surface area contributed by atoms with Crippen LogP contribution in [0.15, 0.2) is 11.6 Å². The van der Waals surface area contributed by atoms with Gasteiger partial charge in [-0.1, -0.05) is 47.1 Å². The lowest BCUT2D eigenvalue weighted by atomic mass is 9.44. The third-order valence-corrected chi connectivity index (χ3v) is 13.1. The average Bonchev–Trinajstić information content (AvgIpc) is 3.18. The maximum atomic E-state index is 12.3. The molecule has 5 rings (SSSR count). The van der Waals surface area contributed by atoms with Crippen molar-refractivity contribution in [1.82, 2.24) is 0 Å². The summed E-state index contributed by atoms with van der Waals surface area (Å²) < 4.78 is 0.347. The van der Waals surface area contributed by atoms with Crippen LogP contribution in [0, 0.1) is 34.5 Å². The molecular weight excluding hydrogens is 372 g/mol. The highest BCUT2D eigenvalue weighted by Crippen LogP contribution is 2.70. The highest BCUT2D eigenvalue weighted by Gasteiger charge is 2.64. The number of aldehydes is 1. The van der Waals surface area contributed by atoms with Crippen molar-refractivity contribution in [1.29, 1.82) is 0 Å². The predicted molar refractivity (Wildman–Crippen MR) is 115 cm³/mol. The second-order valence-electron chi connectivity index (χ2n) is 10.9. The fraction of sp³-hybridized carbons (Fsp3) is 0.870. The Morgan fingerprint density at radius 2 is 1.85 bits per heavy atom. The second-order valence-corrected chi connectivity index (χ2v) is 13.7. The Bertz CT molecular complexity index is 680. The first kappa shape index (κ1) is 19.1. The van der Waals surface area contributed by atoms with E-state index < -0.39 is 5.60 Å². The number of hydrogen-bond acceptors (Lipinski definition) is 4. The first-order valence-corrected chi connectivity index (χ1v) is 13.3. The van der Waals surface area contributed by atoms with Crippen molar-refractivity contribution in [3.8, 4) is 0 Å². The van der Waals surface area contributed by atoms with Crippen molar-refractivity contribution in [3.05, 3.63) is 11.6 Å². The summed E-state index contributed by atoms with van der Waals surface area (Å²) in [6, 6.07) is 0. The van der Waals surface area contributed by atoms with Gasteiger partial charge in [-0.15, -0.1) is 0 Å². The number of allylic oxidation sites excluding steroid dienone is 1. The molecular formula is C23H34O2S2. The van der Waals surface area contributed by atoms with Gasteiger partial charge in [0, 0.05) is 16.4 Å². The van der Waals surface area contributed by atoms with Gasteiger partial charge >= 0.3 is 0 Å². The van der Waals surface area contributed by atoms with Crippen LogP contribution in [0.2, 0.25) is 0 Å². The molecule has 5 aliphatic rings. The first-order valence-electron chi connectivity index (χ1n) is 11.0. The van der Waals surface area contributed by atoms with Crippen LogP contribution in [0.1, 0.15) is 72.1 Å². The zero-order valence-corrected chi connectivity index (χ0v) is 18.6. The Balaban J connectivity index is 1.54. The minimum atomic E-state index is -0.568. The molecule has 1 aliphatic heterocycles. The minimum Gasteiger partial charge on any atom is -0.390 e. The van der Waals surface area contributed by atoms with Gasteiger partial charge in [-0.3, -0.25) is 0 Å². The number of carbonyl (C=O) groups excluding carboxylic acids is 1. The molecule has 0 radical (unpaired) electrons. The Labute approximate surface area is 172 Å². The maximum Gasteiger partial charge on any atom is 0.123 e. The summed E-state index contributed by atoms with van der Waals surface area (Å²) in [4.78, 5) is 12.3. The van der Waals surface area contributed by atoms with Crippen LogP contribution in [0.4, 0.5) is 0 Å². The molecule has 1 heterocycles. The van der Waals surface area contributed by atoms with E-state index in [1.54, 1.807) is 5.57 Å². The molecule has 3 saturated carbocycles. The summed E-state index contributed by atoms with van der Waals surface area (Å²) in [5.74, 6) is 3.02. The molecule has 1 spiro atoms. The van der Waals surface area contributed by atoms with Gasteiger partial charge in [-0.2, -0.15) is 0 Å². The number of carbonyl (C=O) groups is 1. The fourth-order valence-electron chi connectivity index (χ4n) is 7.89. The molecule has 1 N–H and O–H groups in total. The Kier molecular flexibility index (Phi) is 4.27. The van der Waals surface area contributed by atoms with Crippen LogP contribution in [-0.4, -0.2) is 27.5 Å². The van der Waals surface area contributed by atoms with Crippen molar-refractivity contribution < 1.29 is 9.90 Å². The van der Waals surface area contributed by atoms with Gasteiger partial charge in [0.15, 0.2) is 0 Å². The lowest BCUT2D eigenvalue weighted by molar-refractivity contribution is -0.140. The third-order valence-electron chi connectivity index (χ3n) is 9.91. The Hall–Kier alpha value is 0.0700. The van der Waals surface area contributed by atoms with E-state index in [4.69, 9.17) is 0 Å². The molecule has 27 heavy (non-hydrogen) atoms. The largest absolute Gasteiger partial charge is 0.390 e. The summed E-state index contributed by atoms with van der Waals surface area (Å²) in [5.41, 5.74) is 1.30. The summed E-state index contributed by atoms with van der Waals surface area (Å²) >= 11 is 0. The monoisotopic (exact) mass is 406 g/mol. The zero-order chi connectivity index (χ0) is 19.1. The summed E-state index contributed by atoms with van der Waals surface area (Å²) in [6.07, 6.45) is 13.1. The van der Waals surface area contributed by atoms with Gasteiger partial charge in [-0.25, -0.2) is 0 Å². The molecule has 2 nitrogen and oxygen atoms in total. The Morgan fingerprint density at radius 3 is 2.56 bits per heavy atom. The van der Waals surface area contributed by atoms with E-state index in [1.165, 1.54) is 37.7 Å². The molecule has 0 bridgehead atoms. The predicted octanol–water partition coefficient (Wildman–Crippen LogP) is 5.65. The van der Waals surface area contributed by atoms with Crippen LogP contribution in [0.3, 0.4) is 0 Å². The normalized spacial score (nSPS) is 57.0. The van der Waals surface area contributed by atoms with Gasteiger partial charge in [0.25, 0.3) is 0 Å². The quantitative estimate of drug-likeness (QED) is 0.347.